The minimum absolute atomic E-state index is 0.0188. The van der Waals surface area contributed by atoms with E-state index in [0.29, 0.717) is 0 Å². The highest BCUT2D eigenvalue weighted by molar-refractivity contribution is 7.10. The number of allylic oxidation sites excluding steroid dienone is 2. The number of rotatable bonds is 4. The van der Waals surface area contributed by atoms with Crippen LogP contribution in [0.3, 0.4) is 0 Å². The lowest BCUT2D eigenvalue weighted by Crippen LogP contribution is -2.40. The molecule has 0 radical (unpaired) electrons. The molecule has 1 amide bonds. The molecular weight excluding hydrogens is 274 g/mol. The summed E-state index contributed by atoms with van der Waals surface area (Å²) in [6.07, 6.45) is 4.75. The van der Waals surface area contributed by atoms with E-state index in [1.807, 2.05) is 36.6 Å². The van der Waals surface area contributed by atoms with Crippen molar-refractivity contribution >= 4 is 23.2 Å². The molecule has 5 heteroatoms. The molecule has 1 heterocycles. The van der Waals surface area contributed by atoms with Gasteiger partial charge >= 0.3 is 5.97 Å². The minimum atomic E-state index is -0.856. The third-order valence-electron chi connectivity index (χ3n) is 4.38. The third kappa shape index (κ3) is 2.16. The zero-order chi connectivity index (χ0) is 14.3. The Bertz CT molecular complexity index is 551. The summed E-state index contributed by atoms with van der Waals surface area (Å²) in [4.78, 5) is 24.9. The fourth-order valence-corrected chi connectivity index (χ4v) is 4.17. The zero-order valence-electron chi connectivity index (χ0n) is 11.2. The summed E-state index contributed by atoms with van der Waals surface area (Å²) in [5, 5.41) is 14.3. The molecule has 4 nitrogen and oxygen atoms in total. The summed E-state index contributed by atoms with van der Waals surface area (Å²) in [6, 6.07) is 3.86. The highest BCUT2D eigenvalue weighted by Gasteiger charge is 2.51. The highest BCUT2D eigenvalue weighted by Crippen LogP contribution is 2.48. The van der Waals surface area contributed by atoms with E-state index in [-0.39, 0.29) is 23.8 Å². The van der Waals surface area contributed by atoms with Crippen LogP contribution >= 0.6 is 11.3 Å². The van der Waals surface area contributed by atoms with Crippen LogP contribution in [0.1, 0.15) is 24.3 Å². The summed E-state index contributed by atoms with van der Waals surface area (Å²) >= 11 is 1.59. The number of thiophene rings is 1. The molecule has 3 rings (SSSR count). The number of hydrogen-bond acceptors (Lipinski definition) is 3. The second-order valence-corrected chi connectivity index (χ2v) is 6.56. The smallest absolute Gasteiger partial charge is 0.307 e. The number of nitrogens with one attached hydrogen (secondary N) is 1. The first-order valence-corrected chi connectivity index (χ1v) is 7.71. The van der Waals surface area contributed by atoms with Crippen molar-refractivity contribution in [3.63, 3.8) is 0 Å². The molecule has 1 aromatic heterocycles. The van der Waals surface area contributed by atoms with Crippen LogP contribution in [-0.2, 0) is 9.59 Å². The number of carboxylic acid groups (broad SMARTS) is 1. The number of amides is 1. The fraction of sp³-hybridized carbons (Fsp3) is 0.467. The van der Waals surface area contributed by atoms with Crippen LogP contribution in [0.15, 0.2) is 29.7 Å². The van der Waals surface area contributed by atoms with Crippen LogP contribution in [0.25, 0.3) is 0 Å². The predicted octanol–water partition coefficient (Wildman–Crippen LogP) is 2.45. The lowest BCUT2D eigenvalue weighted by Gasteiger charge is -2.25. The van der Waals surface area contributed by atoms with Crippen LogP contribution in [0.4, 0.5) is 0 Å². The molecule has 20 heavy (non-hydrogen) atoms. The van der Waals surface area contributed by atoms with Gasteiger partial charge in [-0.05, 0) is 36.6 Å². The minimum Gasteiger partial charge on any atom is -0.481 e. The number of aliphatic carboxylic acids is 1. The Morgan fingerprint density at radius 1 is 1.35 bits per heavy atom. The average molecular weight is 291 g/mol. The van der Waals surface area contributed by atoms with E-state index in [1.54, 1.807) is 11.3 Å². The fourth-order valence-electron chi connectivity index (χ4n) is 3.43. The van der Waals surface area contributed by atoms with Crippen molar-refractivity contribution in [2.75, 3.05) is 0 Å². The Morgan fingerprint density at radius 3 is 2.65 bits per heavy atom. The second kappa shape index (κ2) is 5.05. The van der Waals surface area contributed by atoms with E-state index in [9.17, 15) is 14.7 Å². The molecule has 0 saturated heterocycles. The van der Waals surface area contributed by atoms with Gasteiger partial charge in [-0.2, -0.15) is 0 Å². The van der Waals surface area contributed by atoms with E-state index < -0.39 is 17.8 Å². The first kappa shape index (κ1) is 13.4. The number of carbonyl (C=O) groups excluding carboxylic acids is 1. The van der Waals surface area contributed by atoms with Gasteiger partial charge in [-0.1, -0.05) is 18.2 Å². The lowest BCUT2D eigenvalue weighted by molar-refractivity contribution is -0.148. The molecule has 0 spiro atoms. The molecule has 106 valence electrons. The van der Waals surface area contributed by atoms with E-state index in [4.69, 9.17) is 0 Å². The van der Waals surface area contributed by atoms with Crippen LogP contribution < -0.4 is 5.32 Å². The summed E-state index contributed by atoms with van der Waals surface area (Å²) < 4.78 is 0. The molecule has 5 atom stereocenters. The van der Waals surface area contributed by atoms with Crippen molar-refractivity contribution in [3.05, 3.63) is 34.5 Å². The molecule has 1 fully saturated rings. The lowest BCUT2D eigenvalue weighted by atomic mass is 9.82. The van der Waals surface area contributed by atoms with Crippen molar-refractivity contribution in [3.8, 4) is 0 Å². The Balaban J connectivity index is 1.73. The largest absolute Gasteiger partial charge is 0.481 e. The SMILES string of the molecule is C[C@H](NC(=O)[C@@H]1[C@@H](C(=O)O)[C@H]2C=C[C@H]1C2)c1cccs1. The number of carboxylic acids is 1. The van der Waals surface area contributed by atoms with Crippen LogP contribution in [0.5, 0.6) is 0 Å². The Kier molecular flexibility index (Phi) is 3.38. The molecule has 2 aliphatic carbocycles. The number of carbonyl (C=O) groups is 2. The van der Waals surface area contributed by atoms with Gasteiger partial charge in [0.15, 0.2) is 0 Å². The molecule has 2 aliphatic rings. The number of hydrogen-bond donors (Lipinski definition) is 2. The normalized spacial score (nSPS) is 32.2. The Labute approximate surface area is 121 Å². The molecule has 2 bridgehead atoms. The van der Waals surface area contributed by atoms with Crippen molar-refractivity contribution in [1.29, 1.82) is 0 Å². The predicted molar refractivity (Wildman–Crippen MR) is 76.2 cm³/mol. The zero-order valence-corrected chi connectivity index (χ0v) is 12.0. The maximum Gasteiger partial charge on any atom is 0.307 e. The van der Waals surface area contributed by atoms with Crippen LogP contribution in [0, 0.1) is 23.7 Å². The van der Waals surface area contributed by atoms with E-state index in [0.717, 1.165) is 11.3 Å². The summed E-state index contributed by atoms with van der Waals surface area (Å²) in [5.74, 6) is -1.88. The quantitative estimate of drug-likeness (QED) is 0.837. The Hall–Kier alpha value is -1.62. The first-order valence-electron chi connectivity index (χ1n) is 6.83. The van der Waals surface area contributed by atoms with Crippen molar-refractivity contribution in [1.82, 2.24) is 5.32 Å². The van der Waals surface area contributed by atoms with Gasteiger partial charge in [0, 0.05) is 4.88 Å². The van der Waals surface area contributed by atoms with Gasteiger partial charge in [0.05, 0.1) is 17.9 Å². The third-order valence-corrected chi connectivity index (χ3v) is 5.43. The molecule has 2 N–H and O–H groups in total. The van der Waals surface area contributed by atoms with E-state index in [2.05, 4.69) is 5.32 Å². The Morgan fingerprint density at radius 2 is 2.05 bits per heavy atom. The van der Waals surface area contributed by atoms with Gasteiger partial charge in [-0.3, -0.25) is 9.59 Å². The van der Waals surface area contributed by atoms with Crippen molar-refractivity contribution in [2.24, 2.45) is 23.7 Å². The summed E-state index contributed by atoms with van der Waals surface area (Å²) in [7, 11) is 0. The summed E-state index contributed by atoms with van der Waals surface area (Å²) in [6.45, 7) is 1.93. The molecule has 0 aromatic carbocycles. The molecule has 0 unspecified atom stereocenters. The maximum atomic E-state index is 12.5. The topological polar surface area (TPSA) is 66.4 Å². The first-order chi connectivity index (χ1) is 9.58. The molecule has 0 aliphatic heterocycles. The van der Waals surface area contributed by atoms with Gasteiger partial charge in [-0.15, -0.1) is 11.3 Å². The van der Waals surface area contributed by atoms with Crippen molar-refractivity contribution in [2.45, 2.75) is 19.4 Å². The standard InChI is InChI=1S/C15H17NO3S/c1-8(11-3-2-6-20-11)16-14(17)12-9-4-5-10(7-9)13(12)15(18)19/h2-6,8-10,12-13H,7H2,1H3,(H,16,17)(H,18,19)/t8-,9-,10-,12-,13-/m0/s1. The van der Waals surface area contributed by atoms with E-state index in [1.165, 1.54) is 0 Å². The van der Waals surface area contributed by atoms with Gasteiger partial charge in [0.2, 0.25) is 5.91 Å². The van der Waals surface area contributed by atoms with Gasteiger partial charge in [0.25, 0.3) is 0 Å². The van der Waals surface area contributed by atoms with Gasteiger partial charge in [0.1, 0.15) is 0 Å². The average Bonchev–Trinajstić information content (AvgIpc) is 3.13. The van der Waals surface area contributed by atoms with Crippen molar-refractivity contribution < 1.29 is 14.7 Å². The van der Waals surface area contributed by atoms with Crippen LogP contribution in [-0.4, -0.2) is 17.0 Å². The maximum absolute atomic E-state index is 12.5. The highest BCUT2D eigenvalue weighted by atomic mass is 32.1. The molecule has 1 saturated carbocycles. The van der Waals surface area contributed by atoms with Gasteiger partial charge in [-0.25, -0.2) is 0 Å². The van der Waals surface area contributed by atoms with E-state index >= 15 is 0 Å². The summed E-state index contributed by atoms with van der Waals surface area (Å²) in [5.41, 5.74) is 0. The monoisotopic (exact) mass is 291 g/mol. The molecule has 1 aromatic rings. The second-order valence-electron chi connectivity index (χ2n) is 5.58. The van der Waals surface area contributed by atoms with Gasteiger partial charge < -0.3 is 10.4 Å². The number of fused-ring (bicyclic) bond motifs is 2. The van der Waals surface area contributed by atoms with Crippen LogP contribution in [0.2, 0.25) is 0 Å². The molecular formula is C15H17NO3S.